The van der Waals surface area contributed by atoms with Crippen molar-refractivity contribution in [2.75, 3.05) is 0 Å². The van der Waals surface area contributed by atoms with E-state index >= 15 is 0 Å². The monoisotopic (exact) mass is 344 g/mol. The topological polar surface area (TPSA) is 65.7 Å². The van der Waals surface area contributed by atoms with Gasteiger partial charge in [-0.25, -0.2) is 9.59 Å². The van der Waals surface area contributed by atoms with Crippen molar-refractivity contribution in [2.24, 2.45) is 0 Å². The molecule has 3 aromatic rings. The third-order valence-electron chi connectivity index (χ3n) is 3.32. The van der Waals surface area contributed by atoms with Crippen LogP contribution in [-0.2, 0) is 4.74 Å². The van der Waals surface area contributed by atoms with Crippen molar-refractivity contribution in [3.8, 4) is 5.75 Å². The molecule has 0 radical (unpaired) electrons. The molecule has 0 N–H and O–H groups in total. The SMILES string of the molecule is Cc1oc2ccc(OC(=O)c3cccs3)cc2c1C(=O)OC(C)C. The van der Waals surface area contributed by atoms with Crippen LogP contribution in [0.3, 0.4) is 0 Å². The highest BCUT2D eigenvalue weighted by Crippen LogP contribution is 2.30. The van der Waals surface area contributed by atoms with E-state index in [4.69, 9.17) is 13.9 Å². The van der Waals surface area contributed by atoms with Crippen molar-refractivity contribution in [1.82, 2.24) is 0 Å². The van der Waals surface area contributed by atoms with Crippen LogP contribution in [0.15, 0.2) is 40.1 Å². The fourth-order valence-corrected chi connectivity index (χ4v) is 2.94. The van der Waals surface area contributed by atoms with Crippen LogP contribution >= 0.6 is 11.3 Å². The molecular formula is C18H16O5S. The molecule has 5 nitrogen and oxygen atoms in total. The molecule has 2 heterocycles. The van der Waals surface area contributed by atoms with Crippen LogP contribution in [0.5, 0.6) is 5.75 Å². The van der Waals surface area contributed by atoms with E-state index < -0.39 is 11.9 Å². The van der Waals surface area contributed by atoms with Gasteiger partial charge in [-0.3, -0.25) is 0 Å². The van der Waals surface area contributed by atoms with Gasteiger partial charge in [-0.2, -0.15) is 0 Å². The van der Waals surface area contributed by atoms with Gasteiger partial charge in [0, 0.05) is 5.39 Å². The summed E-state index contributed by atoms with van der Waals surface area (Å²) in [5.41, 5.74) is 0.895. The van der Waals surface area contributed by atoms with Gasteiger partial charge >= 0.3 is 11.9 Å². The summed E-state index contributed by atoms with van der Waals surface area (Å²) in [6.07, 6.45) is -0.235. The van der Waals surface area contributed by atoms with Crippen LogP contribution in [0.2, 0.25) is 0 Å². The molecule has 0 unspecified atom stereocenters. The van der Waals surface area contributed by atoms with E-state index in [1.54, 1.807) is 56.5 Å². The quantitative estimate of drug-likeness (QED) is 0.512. The van der Waals surface area contributed by atoms with E-state index in [1.165, 1.54) is 11.3 Å². The Morgan fingerprint density at radius 1 is 1.17 bits per heavy atom. The van der Waals surface area contributed by atoms with Crippen LogP contribution in [0.1, 0.15) is 39.6 Å². The summed E-state index contributed by atoms with van der Waals surface area (Å²) in [5, 5.41) is 2.37. The van der Waals surface area contributed by atoms with Gasteiger partial charge in [0.05, 0.1) is 6.10 Å². The maximum absolute atomic E-state index is 12.3. The number of benzene rings is 1. The highest BCUT2D eigenvalue weighted by atomic mass is 32.1. The number of hydrogen-bond donors (Lipinski definition) is 0. The third-order valence-corrected chi connectivity index (χ3v) is 4.17. The molecule has 0 fully saturated rings. The minimum atomic E-state index is -0.456. The molecule has 1 aromatic carbocycles. The van der Waals surface area contributed by atoms with Gasteiger partial charge in [0.15, 0.2) is 0 Å². The molecule has 0 aliphatic carbocycles. The van der Waals surface area contributed by atoms with Gasteiger partial charge in [0.1, 0.15) is 27.5 Å². The molecule has 0 saturated heterocycles. The molecule has 6 heteroatoms. The molecule has 0 aliphatic rings. The zero-order chi connectivity index (χ0) is 17.3. The first kappa shape index (κ1) is 16.3. The molecule has 0 bridgehead atoms. The molecular weight excluding hydrogens is 328 g/mol. The van der Waals surface area contributed by atoms with Gasteiger partial charge in [-0.05, 0) is 50.4 Å². The van der Waals surface area contributed by atoms with Crippen LogP contribution in [0, 0.1) is 6.92 Å². The summed E-state index contributed by atoms with van der Waals surface area (Å²) in [7, 11) is 0. The highest BCUT2D eigenvalue weighted by Gasteiger charge is 2.21. The van der Waals surface area contributed by atoms with Crippen LogP contribution in [0.25, 0.3) is 11.0 Å². The van der Waals surface area contributed by atoms with E-state index in [0.717, 1.165) is 0 Å². The number of carbonyl (C=O) groups is 2. The smallest absolute Gasteiger partial charge is 0.353 e. The number of fused-ring (bicyclic) bond motifs is 1. The average Bonchev–Trinajstić information content (AvgIpc) is 3.12. The zero-order valence-corrected chi connectivity index (χ0v) is 14.3. The second-order valence-corrected chi connectivity index (χ2v) is 6.46. The van der Waals surface area contributed by atoms with Crippen molar-refractivity contribution in [1.29, 1.82) is 0 Å². The number of rotatable bonds is 4. The highest BCUT2D eigenvalue weighted by molar-refractivity contribution is 7.12. The maximum atomic E-state index is 12.3. The summed E-state index contributed by atoms with van der Waals surface area (Å²) in [5.74, 6) is -0.0727. The summed E-state index contributed by atoms with van der Waals surface area (Å²) in [6.45, 7) is 5.27. The molecule has 24 heavy (non-hydrogen) atoms. The number of furan rings is 1. The summed E-state index contributed by atoms with van der Waals surface area (Å²) < 4.78 is 16.2. The molecule has 2 aromatic heterocycles. The number of esters is 2. The molecule has 0 spiro atoms. The van der Waals surface area contributed by atoms with Gasteiger partial charge in [0.2, 0.25) is 0 Å². The Bertz CT molecular complexity index is 890. The van der Waals surface area contributed by atoms with Crippen molar-refractivity contribution in [3.05, 3.63) is 51.9 Å². The molecule has 0 amide bonds. The maximum Gasteiger partial charge on any atom is 0.353 e. The minimum Gasteiger partial charge on any atom is -0.460 e. The number of carbonyl (C=O) groups excluding carboxylic acids is 2. The van der Waals surface area contributed by atoms with Gasteiger partial charge in [0.25, 0.3) is 0 Å². The Kier molecular flexibility index (Phi) is 4.40. The van der Waals surface area contributed by atoms with E-state index in [9.17, 15) is 9.59 Å². The Morgan fingerprint density at radius 3 is 2.62 bits per heavy atom. The molecule has 3 rings (SSSR count). The predicted molar refractivity (Wildman–Crippen MR) is 90.8 cm³/mol. The number of thiophene rings is 1. The standard InChI is InChI=1S/C18H16O5S/c1-10(2)21-18(20)16-11(3)22-14-7-6-12(9-13(14)16)23-17(19)15-5-4-8-24-15/h4-10H,1-3H3. The lowest BCUT2D eigenvalue weighted by Gasteiger charge is -2.07. The first-order valence-electron chi connectivity index (χ1n) is 7.45. The average molecular weight is 344 g/mol. The fraction of sp³-hybridized carbons (Fsp3) is 0.222. The van der Waals surface area contributed by atoms with Crippen LogP contribution < -0.4 is 4.74 Å². The minimum absolute atomic E-state index is 0.235. The van der Waals surface area contributed by atoms with Crippen molar-refractivity contribution < 1.29 is 23.5 Å². The third kappa shape index (κ3) is 3.19. The van der Waals surface area contributed by atoms with Crippen LogP contribution in [-0.4, -0.2) is 18.0 Å². The van der Waals surface area contributed by atoms with Crippen molar-refractivity contribution in [3.63, 3.8) is 0 Å². The second kappa shape index (κ2) is 6.49. The van der Waals surface area contributed by atoms with E-state index in [2.05, 4.69) is 0 Å². The largest absolute Gasteiger partial charge is 0.460 e. The summed E-state index contributed by atoms with van der Waals surface area (Å²) >= 11 is 1.31. The Morgan fingerprint density at radius 2 is 1.96 bits per heavy atom. The second-order valence-electron chi connectivity index (χ2n) is 5.51. The first-order chi connectivity index (χ1) is 11.5. The predicted octanol–water partition coefficient (Wildman–Crippen LogP) is 4.59. The van der Waals surface area contributed by atoms with Crippen LogP contribution in [0.4, 0.5) is 0 Å². The summed E-state index contributed by atoms with van der Waals surface area (Å²) in [4.78, 5) is 24.8. The molecule has 0 atom stereocenters. The Labute approximate surface area is 142 Å². The van der Waals surface area contributed by atoms with E-state index in [0.29, 0.717) is 32.9 Å². The Hall–Kier alpha value is -2.60. The fourth-order valence-electron chi connectivity index (χ4n) is 2.34. The molecule has 124 valence electrons. The lowest BCUT2D eigenvalue weighted by atomic mass is 10.1. The lowest BCUT2D eigenvalue weighted by molar-refractivity contribution is 0.0378. The molecule has 0 saturated carbocycles. The van der Waals surface area contributed by atoms with Crippen molar-refractivity contribution >= 4 is 34.2 Å². The van der Waals surface area contributed by atoms with Gasteiger partial charge in [-0.15, -0.1) is 11.3 Å². The van der Waals surface area contributed by atoms with Gasteiger partial charge < -0.3 is 13.9 Å². The number of aryl methyl sites for hydroxylation is 1. The number of hydrogen-bond acceptors (Lipinski definition) is 6. The lowest BCUT2D eigenvalue weighted by Crippen LogP contribution is -2.12. The first-order valence-corrected chi connectivity index (χ1v) is 8.33. The van der Waals surface area contributed by atoms with Gasteiger partial charge in [-0.1, -0.05) is 6.07 Å². The summed E-state index contributed by atoms with van der Waals surface area (Å²) in [6, 6.07) is 8.40. The van der Waals surface area contributed by atoms with E-state index in [-0.39, 0.29) is 6.10 Å². The van der Waals surface area contributed by atoms with Crippen molar-refractivity contribution in [2.45, 2.75) is 26.9 Å². The molecule has 0 aliphatic heterocycles. The normalized spacial score (nSPS) is 11.0. The zero-order valence-electron chi connectivity index (χ0n) is 13.5. The number of ether oxygens (including phenoxy) is 2. The van der Waals surface area contributed by atoms with E-state index in [1.807, 2.05) is 0 Å². The Balaban J connectivity index is 1.95.